The van der Waals surface area contributed by atoms with E-state index in [4.69, 9.17) is 20.2 Å². The average Bonchev–Trinajstić information content (AvgIpc) is 2.82. The molecule has 2 aliphatic heterocycles. The van der Waals surface area contributed by atoms with Gasteiger partial charge in [-0.1, -0.05) is 23.8 Å². The third kappa shape index (κ3) is 2.58. The Hall–Kier alpha value is -3.22. The molecule has 0 aliphatic carbocycles. The summed E-state index contributed by atoms with van der Waals surface area (Å²) in [5.41, 5.74) is 11.3. The predicted octanol–water partition coefficient (Wildman–Crippen LogP) is 3.10. The van der Waals surface area contributed by atoms with Gasteiger partial charge in [0.05, 0.1) is 24.2 Å². The zero-order valence-corrected chi connectivity index (χ0v) is 15.3. The van der Waals surface area contributed by atoms with E-state index in [1.54, 1.807) is 0 Å². The van der Waals surface area contributed by atoms with E-state index < -0.39 is 0 Å². The van der Waals surface area contributed by atoms with E-state index in [1.807, 2.05) is 12.1 Å². The van der Waals surface area contributed by atoms with Crippen LogP contribution >= 0.6 is 0 Å². The summed E-state index contributed by atoms with van der Waals surface area (Å²) in [5, 5.41) is 3.08. The first kappa shape index (κ1) is 16.0. The monoisotopic (exact) mass is 363 g/mol. The number of anilines is 1. The highest BCUT2D eigenvalue weighted by molar-refractivity contribution is 5.95. The van der Waals surface area contributed by atoms with Gasteiger partial charge in [-0.25, -0.2) is 9.98 Å². The van der Waals surface area contributed by atoms with Crippen molar-refractivity contribution in [3.05, 3.63) is 47.0 Å². The number of imidazole rings is 1. The van der Waals surface area contributed by atoms with Crippen LogP contribution in [0.4, 0.5) is 5.95 Å². The maximum Gasteiger partial charge on any atom is 0.212 e. The summed E-state index contributed by atoms with van der Waals surface area (Å²) in [7, 11) is 0. The number of aryl methyl sites for hydroxylation is 2. The second-order valence-corrected chi connectivity index (χ2v) is 7.02. The smallest absolute Gasteiger partial charge is 0.212 e. The lowest BCUT2D eigenvalue weighted by atomic mass is 10.0. The van der Waals surface area contributed by atoms with E-state index in [-0.39, 0.29) is 6.17 Å². The van der Waals surface area contributed by atoms with E-state index >= 15 is 0 Å². The van der Waals surface area contributed by atoms with Crippen molar-refractivity contribution in [1.82, 2.24) is 9.55 Å². The van der Waals surface area contributed by atoms with Gasteiger partial charge in [-0.15, -0.1) is 0 Å². The van der Waals surface area contributed by atoms with Gasteiger partial charge < -0.3 is 15.2 Å². The highest BCUT2D eigenvalue weighted by Crippen LogP contribution is 2.39. The fourth-order valence-electron chi connectivity index (χ4n) is 3.67. The number of guanidine groups is 1. The molecule has 0 saturated carbocycles. The zero-order chi connectivity index (χ0) is 18.5. The van der Waals surface area contributed by atoms with E-state index in [2.05, 4.69) is 46.9 Å². The van der Waals surface area contributed by atoms with Crippen LogP contribution in [0.2, 0.25) is 0 Å². The number of ether oxygens (including phenoxy) is 2. The number of fused-ring (bicyclic) bond motifs is 4. The molecule has 3 heterocycles. The molecule has 0 unspecified atom stereocenters. The molecule has 1 aromatic heterocycles. The fourth-order valence-corrected chi connectivity index (χ4v) is 3.67. The van der Waals surface area contributed by atoms with E-state index in [0.29, 0.717) is 25.1 Å². The zero-order valence-electron chi connectivity index (χ0n) is 15.3. The van der Waals surface area contributed by atoms with Crippen molar-refractivity contribution in [2.24, 2.45) is 10.7 Å². The van der Waals surface area contributed by atoms with Gasteiger partial charge in [-0.2, -0.15) is 0 Å². The maximum atomic E-state index is 6.07. The molecule has 7 heteroatoms. The Morgan fingerprint density at radius 3 is 2.70 bits per heavy atom. The highest BCUT2D eigenvalue weighted by atomic mass is 16.5. The van der Waals surface area contributed by atoms with Crippen LogP contribution < -0.4 is 20.5 Å². The number of benzene rings is 2. The van der Waals surface area contributed by atoms with Gasteiger partial charge in [0, 0.05) is 24.1 Å². The minimum Gasteiger partial charge on any atom is -0.489 e. The summed E-state index contributed by atoms with van der Waals surface area (Å²) in [5.74, 6) is 2.50. The van der Waals surface area contributed by atoms with Crippen LogP contribution in [0, 0.1) is 13.8 Å². The molecule has 0 fully saturated rings. The average molecular weight is 363 g/mol. The van der Waals surface area contributed by atoms with Crippen molar-refractivity contribution in [2.45, 2.75) is 26.4 Å². The molecule has 138 valence electrons. The van der Waals surface area contributed by atoms with Gasteiger partial charge in [0.15, 0.2) is 23.6 Å². The third-order valence-electron chi connectivity index (χ3n) is 5.02. The number of hydrogen-bond donors (Lipinski definition) is 2. The van der Waals surface area contributed by atoms with Crippen LogP contribution in [0.1, 0.15) is 29.3 Å². The number of aromatic nitrogens is 2. The van der Waals surface area contributed by atoms with E-state index in [1.165, 1.54) is 5.56 Å². The Kier molecular flexibility index (Phi) is 3.50. The third-order valence-corrected chi connectivity index (χ3v) is 5.02. The lowest BCUT2D eigenvalue weighted by Gasteiger charge is -2.25. The molecule has 27 heavy (non-hydrogen) atoms. The molecule has 5 rings (SSSR count). The van der Waals surface area contributed by atoms with Crippen LogP contribution in [0.3, 0.4) is 0 Å². The summed E-state index contributed by atoms with van der Waals surface area (Å²) >= 11 is 0. The normalized spacial score (nSPS) is 18.4. The Balaban J connectivity index is 1.74. The second-order valence-electron chi connectivity index (χ2n) is 7.02. The van der Waals surface area contributed by atoms with Crippen molar-refractivity contribution < 1.29 is 9.47 Å². The Morgan fingerprint density at radius 1 is 1.11 bits per heavy atom. The van der Waals surface area contributed by atoms with Gasteiger partial charge >= 0.3 is 0 Å². The van der Waals surface area contributed by atoms with Crippen molar-refractivity contribution >= 4 is 22.9 Å². The molecule has 3 aromatic rings. The first-order valence-electron chi connectivity index (χ1n) is 9.09. The van der Waals surface area contributed by atoms with Crippen molar-refractivity contribution in [1.29, 1.82) is 0 Å². The molecule has 0 bridgehead atoms. The standard InChI is InChI=1S/C20H21N5O2/c1-11-4-5-12(2)13(8-11)18-23-19(21)24-20-22-14-9-16-17(10-15(14)25(18)20)27-7-3-6-26-16/h4-5,8-10,18H,3,6-7H2,1-2H3,(H3,21,22,23,24)/t18-/m1/s1. The minimum atomic E-state index is -0.282. The van der Waals surface area contributed by atoms with Gasteiger partial charge in [0.1, 0.15) is 0 Å². The predicted molar refractivity (Wildman–Crippen MR) is 105 cm³/mol. The number of nitrogens with two attached hydrogens (primary N) is 1. The lowest BCUT2D eigenvalue weighted by Crippen LogP contribution is -2.31. The highest BCUT2D eigenvalue weighted by Gasteiger charge is 2.27. The van der Waals surface area contributed by atoms with Crippen molar-refractivity contribution in [3.8, 4) is 11.5 Å². The molecule has 2 aliphatic rings. The van der Waals surface area contributed by atoms with Crippen LogP contribution in [0.5, 0.6) is 11.5 Å². The van der Waals surface area contributed by atoms with Crippen molar-refractivity contribution in [2.75, 3.05) is 18.5 Å². The molecular weight excluding hydrogens is 342 g/mol. The SMILES string of the molecule is Cc1ccc(C)c([C@@H]2N=C(N)Nc3nc4cc5c(cc4n32)OCCCO5)c1. The van der Waals surface area contributed by atoms with Gasteiger partial charge in [-0.3, -0.25) is 9.88 Å². The summed E-state index contributed by atoms with van der Waals surface area (Å²) in [6, 6.07) is 10.3. The van der Waals surface area contributed by atoms with Crippen molar-refractivity contribution in [3.63, 3.8) is 0 Å². The number of nitrogens with zero attached hydrogens (tertiary/aromatic N) is 3. The van der Waals surface area contributed by atoms with Crippen LogP contribution in [0.25, 0.3) is 11.0 Å². The Bertz CT molecular complexity index is 1090. The first-order valence-corrected chi connectivity index (χ1v) is 9.09. The van der Waals surface area contributed by atoms with Gasteiger partial charge in [0.25, 0.3) is 0 Å². The molecule has 0 saturated heterocycles. The summed E-state index contributed by atoms with van der Waals surface area (Å²) < 4.78 is 13.8. The number of rotatable bonds is 1. The lowest BCUT2D eigenvalue weighted by molar-refractivity contribution is 0.297. The largest absolute Gasteiger partial charge is 0.489 e. The number of hydrogen-bond acceptors (Lipinski definition) is 6. The van der Waals surface area contributed by atoms with Crippen LogP contribution in [-0.2, 0) is 0 Å². The van der Waals surface area contributed by atoms with Crippen LogP contribution in [-0.4, -0.2) is 28.7 Å². The molecule has 0 radical (unpaired) electrons. The van der Waals surface area contributed by atoms with Gasteiger partial charge in [-0.05, 0) is 19.4 Å². The molecule has 7 nitrogen and oxygen atoms in total. The topological polar surface area (TPSA) is 86.7 Å². The second kappa shape index (κ2) is 5.90. The fraction of sp³-hybridized carbons (Fsp3) is 0.300. The van der Waals surface area contributed by atoms with E-state index in [0.717, 1.165) is 40.1 Å². The number of nitrogens with one attached hydrogen (secondary N) is 1. The summed E-state index contributed by atoms with van der Waals surface area (Å²) in [4.78, 5) is 9.41. The molecule has 2 aromatic carbocycles. The molecule has 1 atom stereocenters. The molecule has 3 N–H and O–H groups in total. The number of aliphatic imine (C=N–C) groups is 1. The summed E-state index contributed by atoms with van der Waals surface area (Å²) in [6.07, 6.45) is 0.585. The molecule has 0 amide bonds. The van der Waals surface area contributed by atoms with Gasteiger partial charge in [0.2, 0.25) is 5.95 Å². The molecular formula is C20H21N5O2. The Morgan fingerprint density at radius 2 is 1.89 bits per heavy atom. The first-order chi connectivity index (χ1) is 13.1. The quantitative estimate of drug-likeness (QED) is 0.694. The summed E-state index contributed by atoms with van der Waals surface area (Å²) in [6.45, 7) is 5.45. The maximum absolute atomic E-state index is 6.07. The van der Waals surface area contributed by atoms with Crippen LogP contribution in [0.15, 0.2) is 35.3 Å². The molecule has 0 spiro atoms. The van der Waals surface area contributed by atoms with E-state index in [9.17, 15) is 0 Å². The Labute approximate surface area is 156 Å². The minimum absolute atomic E-state index is 0.282.